The van der Waals surface area contributed by atoms with E-state index in [9.17, 15) is 4.79 Å². The zero-order chi connectivity index (χ0) is 9.97. The SMILES string of the molecule is Cc1cnc(Cn2cc[nH]c2=O)cn1. The van der Waals surface area contributed by atoms with Gasteiger partial charge in [0.25, 0.3) is 0 Å². The molecule has 0 aliphatic carbocycles. The first kappa shape index (κ1) is 8.68. The predicted octanol–water partition coefficient (Wildman–Crippen LogP) is 0.323. The van der Waals surface area contributed by atoms with Gasteiger partial charge in [-0.1, -0.05) is 0 Å². The molecule has 0 atom stereocenters. The Kier molecular flexibility index (Phi) is 2.14. The van der Waals surface area contributed by atoms with Crippen molar-refractivity contribution in [1.29, 1.82) is 0 Å². The summed E-state index contributed by atoms with van der Waals surface area (Å²) in [5.74, 6) is 0. The minimum atomic E-state index is -0.132. The highest BCUT2D eigenvalue weighted by atomic mass is 16.1. The summed E-state index contributed by atoms with van der Waals surface area (Å²) in [5.41, 5.74) is 1.51. The van der Waals surface area contributed by atoms with Crippen LogP contribution in [0, 0.1) is 6.92 Å². The first-order valence-electron chi connectivity index (χ1n) is 4.27. The molecule has 14 heavy (non-hydrogen) atoms. The van der Waals surface area contributed by atoms with Gasteiger partial charge in [0, 0.05) is 18.6 Å². The monoisotopic (exact) mass is 190 g/mol. The minimum Gasteiger partial charge on any atom is -0.313 e. The van der Waals surface area contributed by atoms with Crippen molar-refractivity contribution in [3.05, 3.63) is 46.7 Å². The van der Waals surface area contributed by atoms with Gasteiger partial charge in [0.1, 0.15) is 0 Å². The molecule has 0 fully saturated rings. The van der Waals surface area contributed by atoms with E-state index in [4.69, 9.17) is 0 Å². The lowest BCUT2D eigenvalue weighted by molar-refractivity contribution is 0.735. The van der Waals surface area contributed by atoms with Crippen molar-refractivity contribution >= 4 is 0 Å². The molecule has 5 nitrogen and oxygen atoms in total. The van der Waals surface area contributed by atoms with Gasteiger partial charge in [-0.05, 0) is 6.92 Å². The van der Waals surface area contributed by atoms with Gasteiger partial charge in [0.05, 0.1) is 24.1 Å². The van der Waals surface area contributed by atoms with Crippen LogP contribution in [-0.2, 0) is 6.54 Å². The maximum atomic E-state index is 11.1. The maximum Gasteiger partial charge on any atom is 0.325 e. The second-order valence-corrected chi connectivity index (χ2v) is 3.04. The van der Waals surface area contributed by atoms with Gasteiger partial charge in [-0.15, -0.1) is 0 Å². The van der Waals surface area contributed by atoms with Crippen LogP contribution in [0.3, 0.4) is 0 Å². The molecular weight excluding hydrogens is 180 g/mol. The third-order valence-electron chi connectivity index (χ3n) is 1.89. The molecule has 2 aromatic heterocycles. The Balaban J connectivity index is 2.23. The summed E-state index contributed by atoms with van der Waals surface area (Å²) in [4.78, 5) is 22.0. The van der Waals surface area contributed by atoms with Gasteiger partial charge in [-0.2, -0.15) is 0 Å². The van der Waals surface area contributed by atoms with Crippen molar-refractivity contribution in [2.24, 2.45) is 0 Å². The van der Waals surface area contributed by atoms with E-state index < -0.39 is 0 Å². The van der Waals surface area contributed by atoms with Crippen molar-refractivity contribution in [3.8, 4) is 0 Å². The Hall–Kier alpha value is -1.91. The smallest absolute Gasteiger partial charge is 0.313 e. The van der Waals surface area contributed by atoms with Crippen molar-refractivity contribution < 1.29 is 0 Å². The molecule has 2 heterocycles. The van der Waals surface area contributed by atoms with Gasteiger partial charge in [0.2, 0.25) is 0 Å². The van der Waals surface area contributed by atoms with Crippen molar-refractivity contribution in [2.45, 2.75) is 13.5 Å². The van der Waals surface area contributed by atoms with Crippen LogP contribution < -0.4 is 5.69 Å². The van der Waals surface area contributed by atoms with E-state index in [0.717, 1.165) is 11.4 Å². The summed E-state index contributed by atoms with van der Waals surface area (Å²) < 4.78 is 1.54. The molecule has 1 N–H and O–H groups in total. The quantitative estimate of drug-likeness (QED) is 0.741. The fraction of sp³-hybridized carbons (Fsp3) is 0.222. The number of hydrogen-bond acceptors (Lipinski definition) is 3. The minimum absolute atomic E-state index is 0.132. The van der Waals surface area contributed by atoms with Crippen molar-refractivity contribution in [3.63, 3.8) is 0 Å². The Morgan fingerprint density at radius 3 is 2.86 bits per heavy atom. The first-order valence-corrected chi connectivity index (χ1v) is 4.27. The summed E-state index contributed by atoms with van der Waals surface area (Å²) in [6, 6.07) is 0. The highest BCUT2D eigenvalue weighted by Gasteiger charge is 1.99. The van der Waals surface area contributed by atoms with E-state index in [2.05, 4.69) is 15.0 Å². The predicted molar refractivity (Wildman–Crippen MR) is 50.9 cm³/mol. The molecule has 0 aliphatic rings. The third kappa shape index (κ3) is 1.71. The van der Waals surface area contributed by atoms with Gasteiger partial charge in [-0.3, -0.25) is 14.5 Å². The second-order valence-electron chi connectivity index (χ2n) is 3.04. The Labute approximate surface area is 80.5 Å². The number of hydrogen-bond donors (Lipinski definition) is 1. The van der Waals surface area contributed by atoms with E-state index >= 15 is 0 Å². The van der Waals surface area contributed by atoms with Crippen molar-refractivity contribution in [2.75, 3.05) is 0 Å². The molecular formula is C9H10N4O. The molecule has 2 rings (SSSR count). The number of aryl methyl sites for hydroxylation is 1. The lowest BCUT2D eigenvalue weighted by atomic mass is 10.4. The largest absolute Gasteiger partial charge is 0.325 e. The molecule has 0 unspecified atom stereocenters. The average molecular weight is 190 g/mol. The topological polar surface area (TPSA) is 63.6 Å². The van der Waals surface area contributed by atoms with Gasteiger partial charge < -0.3 is 4.98 Å². The summed E-state index contributed by atoms with van der Waals surface area (Å²) in [6.45, 7) is 2.33. The summed E-state index contributed by atoms with van der Waals surface area (Å²) in [6.07, 6.45) is 6.65. The molecule has 0 saturated carbocycles. The van der Waals surface area contributed by atoms with Gasteiger partial charge in [-0.25, -0.2) is 4.79 Å². The zero-order valence-electron chi connectivity index (χ0n) is 7.77. The maximum absolute atomic E-state index is 11.1. The lowest BCUT2D eigenvalue weighted by Crippen LogP contribution is -2.17. The van der Waals surface area contributed by atoms with Gasteiger partial charge in [0.15, 0.2) is 0 Å². The third-order valence-corrected chi connectivity index (χ3v) is 1.89. The second kappa shape index (κ2) is 3.45. The van der Waals surface area contributed by atoms with Crippen LogP contribution in [0.5, 0.6) is 0 Å². The molecule has 72 valence electrons. The van der Waals surface area contributed by atoms with Crippen LogP contribution in [0.2, 0.25) is 0 Å². The number of nitrogens with zero attached hydrogens (tertiary/aromatic N) is 3. The van der Waals surface area contributed by atoms with Crippen molar-refractivity contribution in [1.82, 2.24) is 19.5 Å². The van der Waals surface area contributed by atoms with Crippen LogP contribution in [-0.4, -0.2) is 19.5 Å². The van der Waals surface area contributed by atoms with Crippen LogP contribution in [0.15, 0.2) is 29.6 Å². The van der Waals surface area contributed by atoms with Crippen LogP contribution in [0.25, 0.3) is 0 Å². The highest BCUT2D eigenvalue weighted by molar-refractivity contribution is 5.01. The summed E-state index contributed by atoms with van der Waals surface area (Å²) in [5, 5.41) is 0. The van der Waals surface area contributed by atoms with E-state index in [1.54, 1.807) is 29.4 Å². The molecule has 0 radical (unpaired) electrons. The standard InChI is InChI=1S/C9H10N4O/c1-7-4-12-8(5-11-7)6-13-3-2-10-9(13)14/h2-5H,6H2,1H3,(H,10,14). The van der Waals surface area contributed by atoms with E-state index in [1.807, 2.05) is 6.92 Å². The van der Waals surface area contributed by atoms with E-state index in [1.165, 1.54) is 0 Å². The average Bonchev–Trinajstić information content (AvgIpc) is 2.56. The number of H-pyrrole nitrogens is 1. The number of aromatic amines is 1. The van der Waals surface area contributed by atoms with E-state index in [0.29, 0.717) is 6.54 Å². The molecule has 0 saturated heterocycles. The fourth-order valence-electron chi connectivity index (χ4n) is 1.15. The van der Waals surface area contributed by atoms with Crippen LogP contribution in [0.1, 0.15) is 11.4 Å². The van der Waals surface area contributed by atoms with Crippen LogP contribution >= 0.6 is 0 Å². The van der Waals surface area contributed by atoms with E-state index in [-0.39, 0.29) is 5.69 Å². The molecule has 5 heteroatoms. The lowest BCUT2D eigenvalue weighted by Gasteiger charge is -1.99. The highest BCUT2D eigenvalue weighted by Crippen LogP contribution is 1.95. The Bertz CT molecular complexity index is 468. The van der Waals surface area contributed by atoms with Gasteiger partial charge >= 0.3 is 5.69 Å². The summed E-state index contributed by atoms with van der Waals surface area (Å²) in [7, 11) is 0. The number of imidazole rings is 1. The number of rotatable bonds is 2. The molecule has 0 spiro atoms. The molecule has 2 aromatic rings. The zero-order valence-corrected chi connectivity index (χ0v) is 7.77. The first-order chi connectivity index (χ1) is 6.75. The summed E-state index contributed by atoms with van der Waals surface area (Å²) >= 11 is 0. The normalized spacial score (nSPS) is 10.4. The fourth-order valence-corrected chi connectivity index (χ4v) is 1.15. The molecule has 0 aliphatic heterocycles. The van der Waals surface area contributed by atoms with Crippen LogP contribution in [0.4, 0.5) is 0 Å². The molecule has 0 aromatic carbocycles. The Morgan fingerprint density at radius 2 is 2.29 bits per heavy atom. The number of aromatic nitrogens is 4. The Morgan fingerprint density at radius 1 is 1.43 bits per heavy atom. The molecule has 0 amide bonds. The number of nitrogens with one attached hydrogen (secondary N) is 1. The molecule has 0 bridgehead atoms.